The molecule has 0 spiro atoms. The lowest BCUT2D eigenvalue weighted by atomic mass is 10.1. The smallest absolute Gasteiger partial charge is 0.261 e. The average Bonchev–Trinajstić information content (AvgIpc) is 2.42. The highest BCUT2D eigenvalue weighted by Gasteiger charge is 2.12. The number of ether oxygens (including phenoxy) is 1. The van der Waals surface area contributed by atoms with E-state index < -0.39 is 0 Å². The lowest BCUT2D eigenvalue weighted by Crippen LogP contribution is -2.37. The Kier molecular flexibility index (Phi) is 10.4. The summed E-state index contributed by atoms with van der Waals surface area (Å²) < 4.78 is 7.34. The van der Waals surface area contributed by atoms with Crippen molar-refractivity contribution in [3.8, 4) is 12.3 Å². The number of benzene rings is 1. The van der Waals surface area contributed by atoms with Crippen molar-refractivity contribution in [1.29, 1.82) is 0 Å². The third kappa shape index (κ3) is 5.42. The molecule has 0 radical (unpaired) electrons. The van der Waals surface area contributed by atoms with Gasteiger partial charge in [-0.1, -0.05) is 0 Å². The van der Waals surface area contributed by atoms with E-state index in [1.807, 2.05) is 32.0 Å². The van der Waals surface area contributed by atoms with Crippen molar-refractivity contribution in [3.63, 3.8) is 0 Å². The van der Waals surface area contributed by atoms with Gasteiger partial charge in [-0.25, -0.2) is 0 Å². The van der Waals surface area contributed by atoms with Gasteiger partial charge in [-0.05, 0) is 43.3 Å². The third-order valence-corrected chi connectivity index (χ3v) is 3.24. The summed E-state index contributed by atoms with van der Waals surface area (Å²) in [5.74, 6) is 2.69. The van der Waals surface area contributed by atoms with E-state index in [-0.39, 0.29) is 14.1 Å². The number of fused-ring (bicyclic) bond motifs is 1. The van der Waals surface area contributed by atoms with E-state index in [1.54, 1.807) is 0 Å². The van der Waals surface area contributed by atoms with E-state index in [0.29, 0.717) is 18.3 Å². The minimum absolute atomic E-state index is 0. The number of anilines is 1. The fourth-order valence-corrected chi connectivity index (χ4v) is 2.32. The summed E-state index contributed by atoms with van der Waals surface area (Å²) in [7, 11) is 0. The van der Waals surface area contributed by atoms with Crippen LogP contribution >= 0.6 is 12.2 Å². The number of pyridine rings is 1. The van der Waals surface area contributed by atoms with Gasteiger partial charge in [0.25, 0.3) is 5.17 Å². The summed E-state index contributed by atoms with van der Waals surface area (Å²) >= 11 is 5.08. The van der Waals surface area contributed by atoms with Gasteiger partial charge in [0.05, 0.1) is 6.61 Å². The van der Waals surface area contributed by atoms with Crippen molar-refractivity contribution >= 4 is 34.0 Å². The Balaban J connectivity index is 0. The quantitative estimate of drug-likeness (QED) is 0.525. The van der Waals surface area contributed by atoms with Crippen LogP contribution in [0.4, 0.5) is 19.8 Å². The van der Waals surface area contributed by atoms with Gasteiger partial charge in [0.2, 0.25) is 12.1 Å². The highest BCUT2D eigenvalue weighted by atomic mass is 32.1. The normalized spacial score (nSPS) is 8.74. The molecule has 1 N–H and O–H groups in total. The number of nitrogens with one attached hydrogen (secondary N) is 1. The maximum Gasteiger partial charge on any atom is 0.261 e. The van der Waals surface area contributed by atoms with E-state index in [1.165, 1.54) is 0 Å². The summed E-state index contributed by atoms with van der Waals surface area (Å²) in [4.78, 5) is 0. The van der Waals surface area contributed by atoms with Gasteiger partial charge in [-0.3, -0.25) is 14.1 Å². The maximum atomic E-state index is 5.43. The molecule has 0 saturated heterocycles. The Morgan fingerprint density at radius 1 is 1.26 bits per heavy atom. The molecule has 0 fully saturated rings. The van der Waals surface area contributed by atoms with Crippen LogP contribution in [0.25, 0.3) is 10.9 Å². The molecule has 7 heteroatoms. The van der Waals surface area contributed by atoms with Gasteiger partial charge >= 0.3 is 0 Å². The predicted octanol–water partition coefficient (Wildman–Crippen LogP) is 3.26. The maximum absolute atomic E-state index is 5.43. The standard InChI is InChI=1S/C16H16N2OS.3FH/c1-4-10-18-12(3)6-7-13-11-14(8-9-15(13)18)17-16(20)19-5-2;;;/h1,6-9,11H,5,10H2,2-3H3;3*1H/p+1. The SMILES string of the molecule is C#CC[n+]1c(C)ccc2cc(NC(=S)OCC)ccc21.F.F.F. The molecule has 0 amide bonds. The molecule has 1 heterocycles. The van der Waals surface area contributed by atoms with Crippen LogP contribution in [-0.2, 0) is 11.3 Å². The second-order valence-corrected chi connectivity index (χ2v) is 4.75. The van der Waals surface area contributed by atoms with Crippen molar-refractivity contribution in [2.24, 2.45) is 0 Å². The molecular weight excluding hydrogens is 325 g/mol. The molecule has 3 nitrogen and oxygen atoms in total. The summed E-state index contributed by atoms with van der Waals surface area (Å²) in [6, 6.07) is 10.2. The lowest BCUT2D eigenvalue weighted by molar-refractivity contribution is -0.664. The molecule has 0 atom stereocenters. The molecule has 1 aromatic heterocycles. The van der Waals surface area contributed by atoms with Crippen molar-refractivity contribution in [3.05, 3.63) is 36.0 Å². The second kappa shape index (κ2) is 10.4. The van der Waals surface area contributed by atoms with Crippen LogP contribution in [0.2, 0.25) is 0 Å². The molecule has 0 aliphatic carbocycles. The Morgan fingerprint density at radius 3 is 2.57 bits per heavy atom. The summed E-state index contributed by atoms with van der Waals surface area (Å²) in [5.41, 5.74) is 3.16. The fraction of sp³-hybridized carbons (Fsp3) is 0.250. The van der Waals surface area contributed by atoms with Crippen LogP contribution in [0.5, 0.6) is 0 Å². The first-order valence-corrected chi connectivity index (χ1v) is 6.87. The first-order chi connectivity index (χ1) is 9.65. The van der Waals surface area contributed by atoms with Crippen molar-refractivity contribution in [1.82, 2.24) is 0 Å². The minimum Gasteiger partial charge on any atom is -0.471 e. The molecule has 0 saturated carbocycles. The number of terminal acetylenes is 1. The average molecular weight is 345 g/mol. The lowest BCUT2D eigenvalue weighted by Gasteiger charge is -2.09. The van der Waals surface area contributed by atoms with Crippen LogP contribution in [0.3, 0.4) is 0 Å². The van der Waals surface area contributed by atoms with E-state index in [9.17, 15) is 0 Å². The number of thiocarbonyl (C=S) groups is 1. The molecule has 23 heavy (non-hydrogen) atoms. The number of nitrogens with zero attached hydrogens (tertiary/aromatic N) is 1. The number of aromatic nitrogens is 1. The third-order valence-electron chi connectivity index (χ3n) is 3.02. The molecule has 126 valence electrons. The first kappa shape index (κ1) is 22.9. The Bertz CT molecular complexity index is 702. The number of halogens is 3. The van der Waals surface area contributed by atoms with Crippen molar-refractivity contribution in [2.45, 2.75) is 20.4 Å². The topological polar surface area (TPSA) is 25.1 Å². The molecule has 0 bridgehead atoms. The predicted molar refractivity (Wildman–Crippen MR) is 93.1 cm³/mol. The molecule has 0 aliphatic heterocycles. The van der Waals surface area contributed by atoms with Crippen molar-refractivity contribution < 1.29 is 23.4 Å². The van der Waals surface area contributed by atoms with Crippen LogP contribution in [0.1, 0.15) is 12.6 Å². The zero-order valence-electron chi connectivity index (χ0n) is 12.9. The van der Waals surface area contributed by atoms with Crippen LogP contribution < -0.4 is 9.88 Å². The summed E-state index contributed by atoms with van der Waals surface area (Å²) in [6.45, 7) is 5.07. The number of hydrogen-bond acceptors (Lipinski definition) is 2. The Labute approximate surface area is 138 Å². The van der Waals surface area contributed by atoms with Gasteiger partial charge in [0.15, 0.2) is 5.69 Å². The first-order valence-electron chi connectivity index (χ1n) is 6.46. The second-order valence-electron chi connectivity index (χ2n) is 4.38. The van der Waals surface area contributed by atoms with Gasteiger partial charge in [0.1, 0.15) is 0 Å². The van der Waals surface area contributed by atoms with E-state index >= 15 is 0 Å². The molecule has 0 unspecified atom stereocenters. The zero-order valence-corrected chi connectivity index (χ0v) is 13.7. The highest BCUT2D eigenvalue weighted by Crippen LogP contribution is 2.17. The summed E-state index contributed by atoms with van der Waals surface area (Å²) in [6.07, 6.45) is 5.43. The van der Waals surface area contributed by atoms with Crippen LogP contribution in [0, 0.1) is 19.3 Å². The Hall–Kier alpha value is -2.33. The van der Waals surface area contributed by atoms with Gasteiger partial charge in [-0.15, -0.1) is 6.42 Å². The number of rotatable bonds is 3. The molecule has 1 aromatic carbocycles. The molecule has 2 rings (SSSR count). The number of aryl methyl sites for hydroxylation is 1. The molecule has 2 aromatic rings. The monoisotopic (exact) mass is 345 g/mol. The van der Waals surface area contributed by atoms with E-state index in [2.05, 4.69) is 27.9 Å². The zero-order chi connectivity index (χ0) is 14.5. The fourth-order valence-electron chi connectivity index (χ4n) is 2.09. The molecular formula is C16H20F3N2OS+. The van der Waals surface area contributed by atoms with Gasteiger partial charge in [-0.2, -0.15) is 4.57 Å². The van der Waals surface area contributed by atoms with Crippen LogP contribution in [-0.4, -0.2) is 11.8 Å². The summed E-state index contributed by atoms with van der Waals surface area (Å²) in [5, 5.41) is 4.55. The van der Waals surface area contributed by atoms with Crippen LogP contribution in [0.15, 0.2) is 30.3 Å². The molecule has 0 aliphatic rings. The van der Waals surface area contributed by atoms with Gasteiger partial charge < -0.3 is 10.1 Å². The number of hydrogen-bond donors (Lipinski definition) is 1. The largest absolute Gasteiger partial charge is 0.471 e. The van der Waals surface area contributed by atoms with E-state index in [4.69, 9.17) is 23.4 Å². The van der Waals surface area contributed by atoms with Gasteiger partial charge in [0, 0.05) is 30.1 Å². The minimum atomic E-state index is 0. The van der Waals surface area contributed by atoms with Crippen molar-refractivity contribution in [2.75, 3.05) is 11.9 Å². The Morgan fingerprint density at radius 2 is 1.96 bits per heavy atom. The highest BCUT2D eigenvalue weighted by molar-refractivity contribution is 7.80. The van der Waals surface area contributed by atoms with E-state index in [0.717, 1.165) is 22.3 Å².